The maximum absolute atomic E-state index is 11.3. The monoisotopic (exact) mass is 404 g/mol. The van der Waals surface area contributed by atoms with Crippen molar-refractivity contribution < 1.29 is 19.1 Å². The van der Waals surface area contributed by atoms with Crippen LogP contribution < -0.4 is 0 Å². The van der Waals surface area contributed by atoms with Crippen molar-refractivity contribution >= 4 is 57.1 Å². The Morgan fingerprint density at radius 2 is 2.16 bits per heavy atom. The molecule has 0 unspecified atom stereocenters. The summed E-state index contributed by atoms with van der Waals surface area (Å²) in [4.78, 5) is 30.6. The molecule has 1 saturated heterocycles. The third-order valence-corrected chi connectivity index (χ3v) is 4.96. The summed E-state index contributed by atoms with van der Waals surface area (Å²) in [5, 5.41) is 4.95. The maximum atomic E-state index is 11.3. The molecule has 3 atom stereocenters. The van der Waals surface area contributed by atoms with Crippen LogP contribution in [0.4, 0.5) is 0 Å². The van der Waals surface area contributed by atoms with Crippen LogP contribution in [-0.2, 0) is 19.1 Å². The maximum Gasteiger partial charge on any atom is 0.302 e. The van der Waals surface area contributed by atoms with E-state index in [4.69, 9.17) is 32.7 Å². The minimum atomic E-state index is -0.526. The molecule has 3 rings (SSSR count). The number of fused-ring (bicyclic) bond motifs is 1. The van der Waals surface area contributed by atoms with Crippen molar-refractivity contribution in [1.29, 1.82) is 0 Å². The van der Waals surface area contributed by atoms with Crippen LogP contribution in [0.5, 0.6) is 0 Å². The van der Waals surface area contributed by atoms with E-state index in [1.807, 2.05) is 0 Å². The highest BCUT2D eigenvalue weighted by Crippen LogP contribution is 2.35. The van der Waals surface area contributed by atoms with Crippen molar-refractivity contribution in [3.8, 4) is 0 Å². The zero-order valence-corrected chi connectivity index (χ0v) is 15.6. The molecule has 2 aromatic rings. The molecule has 8 nitrogen and oxygen atoms in total. The van der Waals surface area contributed by atoms with E-state index in [0.717, 1.165) is 11.8 Å². The Hall–Kier alpha value is -1.42. The van der Waals surface area contributed by atoms with Gasteiger partial charge in [-0.05, 0) is 11.6 Å². The molecule has 0 aliphatic carbocycles. The first-order chi connectivity index (χ1) is 11.8. The zero-order chi connectivity index (χ0) is 18.1. The molecular weight excluding hydrogens is 391 g/mol. The van der Waals surface area contributed by atoms with Crippen molar-refractivity contribution in [2.75, 3.05) is 5.75 Å². The molecule has 0 saturated carbocycles. The van der Waals surface area contributed by atoms with E-state index in [0.29, 0.717) is 23.2 Å². The highest BCUT2D eigenvalue weighted by atomic mass is 35.5. The van der Waals surface area contributed by atoms with Gasteiger partial charge in [-0.2, -0.15) is 10.1 Å². The number of ether oxygens (including phenoxy) is 2. The summed E-state index contributed by atoms with van der Waals surface area (Å²) in [5.41, 5.74) is 0.427. The summed E-state index contributed by atoms with van der Waals surface area (Å²) >= 11 is 13.0. The number of thioether (sulfide) groups is 1. The van der Waals surface area contributed by atoms with Gasteiger partial charge in [-0.25, -0.2) is 9.67 Å². The zero-order valence-electron chi connectivity index (χ0n) is 13.3. The van der Waals surface area contributed by atoms with Crippen molar-refractivity contribution in [2.45, 2.75) is 38.7 Å². The second kappa shape index (κ2) is 7.45. The Morgan fingerprint density at radius 1 is 1.40 bits per heavy atom. The fourth-order valence-corrected chi connectivity index (χ4v) is 3.73. The molecule has 1 aliphatic heterocycles. The van der Waals surface area contributed by atoms with Gasteiger partial charge in [0.1, 0.15) is 17.4 Å². The molecular formula is C14H14Cl2N4O4S. The summed E-state index contributed by atoms with van der Waals surface area (Å²) in [6.45, 7) is 2.80. The standard InChI is InChI=1S/C14H14Cl2N4O4S/c1-6(21)23-9-3-11(24-10(9)5-25-7(2)22)20-13-8(4-17-20)12(15)18-14(16)19-13/h4,9-11H,3,5H2,1-2H3/t9-,10+,11+/m0/s1. The van der Waals surface area contributed by atoms with Gasteiger partial charge in [0.15, 0.2) is 17.0 Å². The van der Waals surface area contributed by atoms with Gasteiger partial charge in [-0.3, -0.25) is 9.59 Å². The van der Waals surface area contributed by atoms with Crippen LogP contribution in [0, 0.1) is 0 Å². The lowest BCUT2D eigenvalue weighted by Crippen LogP contribution is -2.28. The normalized spacial score (nSPS) is 23.1. The number of hydrogen-bond acceptors (Lipinski definition) is 8. The molecule has 1 fully saturated rings. The fourth-order valence-electron chi connectivity index (χ4n) is 2.61. The molecule has 0 bridgehead atoms. The van der Waals surface area contributed by atoms with Gasteiger partial charge in [0, 0.05) is 26.0 Å². The van der Waals surface area contributed by atoms with Crippen molar-refractivity contribution in [3.05, 3.63) is 16.6 Å². The second-order valence-electron chi connectivity index (χ2n) is 5.43. The van der Waals surface area contributed by atoms with E-state index in [9.17, 15) is 9.59 Å². The molecule has 11 heteroatoms. The summed E-state index contributed by atoms with van der Waals surface area (Å²) in [5.74, 6) is -0.0368. The smallest absolute Gasteiger partial charge is 0.302 e. The third-order valence-electron chi connectivity index (χ3n) is 3.60. The van der Waals surface area contributed by atoms with Gasteiger partial charge in [0.05, 0.1) is 11.6 Å². The quantitative estimate of drug-likeness (QED) is 0.435. The number of halogens is 2. The average molecular weight is 405 g/mol. The lowest BCUT2D eigenvalue weighted by atomic mass is 10.2. The van der Waals surface area contributed by atoms with Gasteiger partial charge < -0.3 is 9.47 Å². The van der Waals surface area contributed by atoms with Crippen LogP contribution in [0.3, 0.4) is 0 Å². The van der Waals surface area contributed by atoms with Crippen LogP contribution in [0.1, 0.15) is 26.5 Å². The molecule has 0 aromatic carbocycles. The Labute approximate surface area is 157 Å². The van der Waals surface area contributed by atoms with Crippen LogP contribution in [0.15, 0.2) is 6.20 Å². The molecule has 25 heavy (non-hydrogen) atoms. The number of aromatic nitrogens is 4. The first-order valence-corrected chi connectivity index (χ1v) is 9.11. The van der Waals surface area contributed by atoms with Crippen LogP contribution >= 0.6 is 35.0 Å². The van der Waals surface area contributed by atoms with Crippen LogP contribution in [0.25, 0.3) is 11.0 Å². The average Bonchev–Trinajstić information content (AvgIpc) is 3.08. The number of esters is 1. The number of hydrogen-bond donors (Lipinski definition) is 0. The summed E-state index contributed by atoms with van der Waals surface area (Å²) in [6, 6.07) is 0. The van der Waals surface area contributed by atoms with Gasteiger partial charge in [0.25, 0.3) is 0 Å². The molecule has 3 heterocycles. The highest BCUT2D eigenvalue weighted by Gasteiger charge is 2.39. The topological polar surface area (TPSA) is 96.2 Å². The molecule has 0 spiro atoms. The fraction of sp³-hybridized carbons (Fsp3) is 0.500. The summed E-state index contributed by atoms with van der Waals surface area (Å²) in [7, 11) is 0. The van der Waals surface area contributed by atoms with Crippen molar-refractivity contribution in [2.24, 2.45) is 0 Å². The Morgan fingerprint density at radius 3 is 2.84 bits per heavy atom. The molecule has 1 aliphatic rings. The molecule has 0 amide bonds. The Balaban J connectivity index is 1.87. The lowest BCUT2D eigenvalue weighted by Gasteiger charge is -2.17. The molecule has 0 radical (unpaired) electrons. The van der Waals surface area contributed by atoms with Crippen molar-refractivity contribution in [3.63, 3.8) is 0 Å². The van der Waals surface area contributed by atoms with E-state index in [1.54, 1.807) is 0 Å². The largest absolute Gasteiger partial charge is 0.460 e. The van der Waals surface area contributed by atoms with E-state index in [-0.39, 0.29) is 15.6 Å². The summed E-state index contributed by atoms with van der Waals surface area (Å²) in [6.07, 6.45) is 0.451. The molecule has 0 N–H and O–H groups in total. The Bertz CT molecular complexity index is 831. The van der Waals surface area contributed by atoms with E-state index in [1.165, 1.54) is 24.7 Å². The number of carbonyl (C=O) groups excluding carboxylic acids is 2. The number of nitrogens with zero attached hydrogens (tertiary/aromatic N) is 4. The third kappa shape index (κ3) is 4.05. The second-order valence-corrected chi connectivity index (χ2v) is 7.32. The van der Waals surface area contributed by atoms with E-state index < -0.39 is 24.4 Å². The number of rotatable bonds is 4. The highest BCUT2D eigenvalue weighted by molar-refractivity contribution is 8.13. The van der Waals surface area contributed by atoms with Gasteiger partial charge in [0.2, 0.25) is 5.28 Å². The molecule has 134 valence electrons. The van der Waals surface area contributed by atoms with Crippen LogP contribution in [-0.4, -0.2) is 48.8 Å². The van der Waals surface area contributed by atoms with Gasteiger partial charge >= 0.3 is 5.97 Å². The van der Waals surface area contributed by atoms with Gasteiger partial charge in [-0.15, -0.1) is 0 Å². The lowest BCUT2D eigenvalue weighted by molar-refractivity contribution is -0.148. The van der Waals surface area contributed by atoms with E-state index in [2.05, 4.69) is 15.1 Å². The Kier molecular flexibility index (Phi) is 5.47. The molecule has 2 aromatic heterocycles. The minimum absolute atomic E-state index is 0.00234. The predicted octanol–water partition coefficient (Wildman–Crippen LogP) is 2.63. The SMILES string of the molecule is CC(=O)O[C@H]1C[C@H](n2ncc3c(Cl)nc(Cl)nc32)O[C@@H]1CSC(C)=O. The van der Waals surface area contributed by atoms with Crippen molar-refractivity contribution in [1.82, 2.24) is 19.7 Å². The summed E-state index contributed by atoms with van der Waals surface area (Å²) < 4.78 is 12.8. The number of carbonyl (C=O) groups is 2. The first kappa shape index (κ1) is 18.4. The van der Waals surface area contributed by atoms with E-state index >= 15 is 0 Å². The minimum Gasteiger partial charge on any atom is -0.460 e. The predicted molar refractivity (Wildman–Crippen MR) is 92.6 cm³/mol. The van der Waals surface area contributed by atoms with Gasteiger partial charge in [-0.1, -0.05) is 23.4 Å². The van der Waals surface area contributed by atoms with Crippen LogP contribution in [0.2, 0.25) is 10.4 Å². The first-order valence-electron chi connectivity index (χ1n) is 7.37.